The van der Waals surface area contributed by atoms with Crippen LogP contribution in [0.2, 0.25) is 0 Å². The number of halogens is 6. The fourth-order valence-electron chi connectivity index (χ4n) is 3.87. The van der Waals surface area contributed by atoms with Crippen molar-refractivity contribution in [3.8, 4) is 34.1 Å². The van der Waals surface area contributed by atoms with Gasteiger partial charge in [-0.1, -0.05) is 23.4 Å². The van der Waals surface area contributed by atoms with Gasteiger partial charge in [0, 0.05) is 11.1 Å². The molecule has 2 aromatic carbocycles. The molecule has 0 aliphatic rings. The molecule has 2 N–H and O–H groups in total. The van der Waals surface area contributed by atoms with Crippen LogP contribution >= 0.6 is 0 Å². The van der Waals surface area contributed by atoms with E-state index in [0.717, 1.165) is 24.4 Å². The van der Waals surface area contributed by atoms with Crippen molar-refractivity contribution in [1.82, 2.24) is 24.7 Å². The van der Waals surface area contributed by atoms with Gasteiger partial charge in [0.2, 0.25) is 15.8 Å². The van der Waals surface area contributed by atoms with Crippen molar-refractivity contribution in [2.45, 2.75) is 24.2 Å². The minimum atomic E-state index is -4.91. The van der Waals surface area contributed by atoms with Crippen molar-refractivity contribution < 1.29 is 39.3 Å². The molecule has 0 atom stereocenters. The molecular weight excluding hydrogens is 554 g/mol. The number of primary sulfonamides is 1. The van der Waals surface area contributed by atoms with Crippen LogP contribution in [0, 0.1) is 6.92 Å². The molecule has 0 radical (unpaired) electrons. The van der Waals surface area contributed by atoms with Gasteiger partial charge in [0.05, 0.1) is 22.3 Å². The summed E-state index contributed by atoms with van der Waals surface area (Å²) in [6, 6.07) is 8.82. The summed E-state index contributed by atoms with van der Waals surface area (Å²) < 4.78 is 110. The molecule has 3 heterocycles. The SMILES string of the molecule is Cc1cc(-c2cc(C(F)(F)F)n3ncc(-c4nc(-c5cccc(S(N)(=O)=O)c5)no4)c3n2)ccc1C(F)(F)F. The Morgan fingerprint density at radius 3 is 2.31 bits per heavy atom. The highest BCUT2D eigenvalue weighted by molar-refractivity contribution is 7.89. The minimum Gasteiger partial charge on any atom is -0.333 e. The van der Waals surface area contributed by atoms with Crippen molar-refractivity contribution in [1.29, 1.82) is 0 Å². The average molecular weight is 568 g/mol. The quantitative estimate of drug-likeness (QED) is 0.299. The molecule has 0 bridgehead atoms. The number of benzene rings is 2. The van der Waals surface area contributed by atoms with E-state index in [1.165, 1.54) is 31.2 Å². The van der Waals surface area contributed by atoms with Crippen LogP contribution in [0.3, 0.4) is 0 Å². The number of sulfonamides is 1. The van der Waals surface area contributed by atoms with E-state index in [2.05, 4.69) is 20.2 Å². The first-order valence-electron chi connectivity index (χ1n) is 10.7. The van der Waals surface area contributed by atoms with E-state index < -0.39 is 33.6 Å². The molecule has 0 amide bonds. The van der Waals surface area contributed by atoms with Gasteiger partial charge in [-0.25, -0.2) is 23.1 Å². The largest absolute Gasteiger partial charge is 0.433 e. The van der Waals surface area contributed by atoms with E-state index in [-0.39, 0.29) is 50.2 Å². The normalized spacial score (nSPS) is 12.8. The van der Waals surface area contributed by atoms with Gasteiger partial charge in [0.15, 0.2) is 11.3 Å². The molecule has 16 heteroatoms. The number of aromatic nitrogens is 5. The average Bonchev–Trinajstić information content (AvgIpc) is 3.48. The van der Waals surface area contributed by atoms with E-state index in [1.807, 2.05) is 0 Å². The van der Waals surface area contributed by atoms with Crippen LogP contribution in [-0.2, 0) is 22.4 Å². The Morgan fingerprint density at radius 1 is 0.923 bits per heavy atom. The summed E-state index contributed by atoms with van der Waals surface area (Å²) in [6.45, 7) is 1.19. The predicted molar refractivity (Wildman–Crippen MR) is 123 cm³/mol. The second-order valence-corrected chi connectivity index (χ2v) is 9.90. The fraction of sp³-hybridized carbons (Fsp3) is 0.130. The molecule has 0 aliphatic heterocycles. The van der Waals surface area contributed by atoms with Crippen LogP contribution in [0.1, 0.15) is 16.8 Å². The molecule has 0 aliphatic carbocycles. The van der Waals surface area contributed by atoms with Gasteiger partial charge in [-0.05, 0) is 42.8 Å². The Balaban J connectivity index is 1.65. The summed E-state index contributed by atoms with van der Waals surface area (Å²) >= 11 is 0. The smallest absolute Gasteiger partial charge is 0.333 e. The van der Waals surface area contributed by atoms with Gasteiger partial charge in [0.25, 0.3) is 5.89 Å². The number of fused-ring (bicyclic) bond motifs is 1. The molecule has 0 spiro atoms. The number of aryl methyl sites for hydroxylation is 1. The third-order valence-electron chi connectivity index (χ3n) is 5.67. The summed E-state index contributed by atoms with van der Waals surface area (Å²) in [4.78, 5) is 8.12. The highest BCUT2D eigenvalue weighted by Gasteiger charge is 2.37. The number of rotatable bonds is 4. The maximum atomic E-state index is 13.9. The topological polar surface area (TPSA) is 129 Å². The van der Waals surface area contributed by atoms with Gasteiger partial charge in [-0.2, -0.15) is 36.4 Å². The molecule has 0 saturated carbocycles. The van der Waals surface area contributed by atoms with Gasteiger partial charge >= 0.3 is 12.4 Å². The lowest BCUT2D eigenvalue weighted by molar-refractivity contribution is -0.142. The lowest BCUT2D eigenvalue weighted by atomic mass is 10.0. The third kappa shape index (κ3) is 4.95. The summed E-state index contributed by atoms with van der Waals surface area (Å²) in [6.07, 6.45) is -8.54. The summed E-state index contributed by atoms with van der Waals surface area (Å²) in [5.41, 5.74) is -2.91. The molecule has 5 rings (SSSR count). The Bertz CT molecular complexity index is 1840. The van der Waals surface area contributed by atoms with Crippen molar-refractivity contribution in [3.05, 3.63) is 71.5 Å². The molecule has 202 valence electrons. The van der Waals surface area contributed by atoms with Crippen LogP contribution in [-0.4, -0.2) is 33.2 Å². The van der Waals surface area contributed by atoms with E-state index in [9.17, 15) is 34.8 Å². The van der Waals surface area contributed by atoms with E-state index >= 15 is 0 Å². The first-order chi connectivity index (χ1) is 18.1. The second kappa shape index (κ2) is 8.88. The first-order valence-corrected chi connectivity index (χ1v) is 12.3. The van der Waals surface area contributed by atoms with Gasteiger partial charge in [0.1, 0.15) is 5.56 Å². The molecule has 9 nitrogen and oxygen atoms in total. The molecule has 0 unspecified atom stereocenters. The van der Waals surface area contributed by atoms with E-state index in [0.29, 0.717) is 10.6 Å². The number of nitrogens with zero attached hydrogens (tertiary/aromatic N) is 5. The Hall–Kier alpha value is -4.31. The van der Waals surface area contributed by atoms with E-state index in [4.69, 9.17) is 9.66 Å². The molecule has 39 heavy (non-hydrogen) atoms. The minimum absolute atomic E-state index is 0.00618. The molecule has 0 saturated heterocycles. The van der Waals surface area contributed by atoms with Crippen molar-refractivity contribution in [3.63, 3.8) is 0 Å². The predicted octanol–water partition coefficient (Wildman–Crippen LogP) is 5.11. The third-order valence-corrected chi connectivity index (χ3v) is 6.58. The second-order valence-electron chi connectivity index (χ2n) is 8.34. The Labute approximate surface area is 215 Å². The van der Waals surface area contributed by atoms with Crippen LogP contribution in [0.25, 0.3) is 39.7 Å². The van der Waals surface area contributed by atoms with Gasteiger partial charge in [-0.15, -0.1) is 0 Å². The molecule has 3 aromatic heterocycles. The van der Waals surface area contributed by atoms with Crippen LogP contribution in [0.4, 0.5) is 26.3 Å². The first kappa shape index (κ1) is 26.3. The van der Waals surface area contributed by atoms with Gasteiger partial charge in [-0.3, -0.25) is 0 Å². The lowest BCUT2D eigenvalue weighted by Crippen LogP contribution is -2.14. The van der Waals surface area contributed by atoms with Crippen LogP contribution < -0.4 is 5.14 Å². The fourth-order valence-corrected chi connectivity index (χ4v) is 4.43. The van der Waals surface area contributed by atoms with Crippen molar-refractivity contribution in [2.75, 3.05) is 0 Å². The molecule has 0 fully saturated rings. The van der Waals surface area contributed by atoms with Crippen molar-refractivity contribution in [2.24, 2.45) is 5.14 Å². The molecule has 5 aromatic rings. The summed E-state index contributed by atoms with van der Waals surface area (Å²) in [5.74, 6) is -0.386. The Kier molecular flexibility index (Phi) is 5.99. The van der Waals surface area contributed by atoms with Gasteiger partial charge < -0.3 is 4.52 Å². The highest BCUT2D eigenvalue weighted by Crippen LogP contribution is 2.37. The number of nitrogens with two attached hydrogens (primary N) is 1. The molecular formula is C23H14F6N6O3S. The van der Waals surface area contributed by atoms with Crippen molar-refractivity contribution >= 4 is 15.7 Å². The van der Waals surface area contributed by atoms with E-state index in [1.54, 1.807) is 0 Å². The zero-order chi connectivity index (χ0) is 28.3. The number of hydrogen-bond donors (Lipinski definition) is 1. The van der Waals surface area contributed by atoms with Crippen LogP contribution in [0.5, 0.6) is 0 Å². The number of alkyl halides is 6. The Morgan fingerprint density at radius 2 is 1.67 bits per heavy atom. The maximum absolute atomic E-state index is 13.9. The zero-order valence-corrected chi connectivity index (χ0v) is 20.2. The highest BCUT2D eigenvalue weighted by atomic mass is 32.2. The maximum Gasteiger partial charge on any atom is 0.433 e. The summed E-state index contributed by atoms with van der Waals surface area (Å²) in [7, 11) is -4.04. The lowest BCUT2D eigenvalue weighted by Gasteiger charge is -2.14. The summed E-state index contributed by atoms with van der Waals surface area (Å²) in [5, 5.41) is 12.6. The zero-order valence-electron chi connectivity index (χ0n) is 19.4. The standard InChI is InChI=1S/C23H14F6N6O3S/c1-11-7-12(5-6-16(11)22(24,25)26)17-9-18(23(27,28)29)35-20(32-17)15(10-31-35)21-33-19(34-38-21)13-3-2-4-14(8-13)39(30,36)37/h2-10H,1H3,(H2,30,36,37). The monoisotopic (exact) mass is 568 g/mol. The van der Waals surface area contributed by atoms with Crippen LogP contribution in [0.15, 0.2) is 64.1 Å². The number of hydrogen-bond acceptors (Lipinski definition) is 7.